The molecule has 2 aromatic heterocycles. The number of phenolic OH excluding ortho intramolecular Hbond substituents is 1. The second kappa shape index (κ2) is 5.25. The van der Waals surface area contributed by atoms with E-state index in [1.807, 2.05) is 34.9 Å². The summed E-state index contributed by atoms with van der Waals surface area (Å²) < 4.78 is 15.4. The molecule has 0 fully saturated rings. The number of rotatable bonds is 2. The molecule has 0 saturated carbocycles. The lowest BCUT2D eigenvalue weighted by atomic mass is 10.1. The van der Waals surface area contributed by atoms with E-state index in [2.05, 4.69) is 4.98 Å². The quantitative estimate of drug-likeness (QED) is 0.591. The van der Waals surface area contributed by atoms with Crippen molar-refractivity contribution in [2.75, 3.05) is 0 Å². The van der Waals surface area contributed by atoms with Gasteiger partial charge < -0.3 is 5.11 Å². The highest BCUT2D eigenvalue weighted by Gasteiger charge is 2.08. The van der Waals surface area contributed by atoms with Gasteiger partial charge in [0.1, 0.15) is 17.2 Å². The second-order valence-corrected chi connectivity index (χ2v) is 5.35. The Morgan fingerprint density at radius 3 is 2.52 bits per heavy atom. The van der Waals surface area contributed by atoms with Crippen LogP contribution in [0.5, 0.6) is 5.75 Å². The van der Waals surface area contributed by atoms with Gasteiger partial charge in [0.15, 0.2) is 0 Å². The van der Waals surface area contributed by atoms with Crippen molar-refractivity contribution in [3.05, 3.63) is 78.9 Å². The number of imidazole rings is 1. The molecule has 2 aromatic carbocycles. The normalized spacial score (nSPS) is 11.0. The summed E-state index contributed by atoms with van der Waals surface area (Å²) in [5.41, 5.74) is 4.24. The molecular formula is C19H13FN2O. The highest BCUT2D eigenvalue weighted by atomic mass is 19.1. The average Bonchev–Trinajstić information content (AvgIpc) is 2.98. The van der Waals surface area contributed by atoms with E-state index in [0.717, 1.165) is 28.0 Å². The zero-order valence-corrected chi connectivity index (χ0v) is 12.1. The summed E-state index contributed by atoms with van der Waals surface area (Å²) in [6.45, 7) is 0. The van der Waals surface area contributed by atoms with Gasteiger partial charge in [-0.3, -0.25) is 4.40 Å². The Morgan fingerprint density at radius 1 is 0.870 bits per heavy atom. The molecule has 0 amide bonds. The summed E-state index contributed by atoms with van der Waals surface area (Å²) in [6, 6.07) is 17.3. The first-order valence-corrected chi connectivity index (χ1v) is 7.23. The summed E-state index contributed by atoms with van der Waals surface area (Å²) in [4.78, 5) is 4.38. The number of halogens is 1. The molecule has 0 radical (unpaired) electrons. The molecule has 3 nitrogen and oxygen atoms in total. The van der Waals surface area contributed by atoms with Gasteiger partial charge in [-0.2, -0.15) is 0 Å². The second-order valence-electron chi connectivity index (χ2n) is 5.35. The molecule has 112 valence electrons. The molecule has 4 aromatic rings. The Kier molecular flexibility index (Phi) is 3.08. The summed E-state index contributed by atoms with van der Waals surface area (Å²) in [6.07, 6.45) is 3.69. The fourth-order valence-electron chi connectivity index (χ4n) is 2.70. The molecule has 0 bridgehead atoms. The first-order valence-electron chi connectivity index (χ1n) is 7.23. The first kappa shape index (κ1) is 13.5. The smallest absolute Gasteiger partial charge is 0.137 e. The van der Waals surface area contributed by atoms with Crippen LogP contribution in [0.15, 0.2) is 73.1 Å². The lowest BCUT2D eigenvalue weighted by molar-refractivity contribution is 0.475. The van der Waals surface area contributed by atoms with Gasteiger partial charge in [0, 0.05) is 11.8 Å². The van der Waals surface area contributed by atoms with Crippen molar-refractivity contribution in [3.8, 4) is 28.1 Å². The highest BCUT2D eigenvalue weighted by molar-refractivity contribution is 5.69. The van der Waals surface area contributed by atoms with Gasteiger partial charge in [-0.1, -0.05) is 24.3 Å². The van der Waals surface area contributed by atoms with Crippen LogP contribution in [0.4, 0.5) is 4.39 Å². The number of benzene rings is 2. The van der Waals surface area contributed by atoms with E-state index < -0.39 is 0 Å². The number of hydrogen-bond donors (Lipinski definition) is 1. The van der Waals surface area contributed by atoms with Crippen molar-refractivity contribution in [1.29, 1.82) is 0 Å². The molecule has 0 aliphatic heterocycles. The van der Waals surface area contributed by atoms with Gasteiger partial charge in [0.2, 0.25) is 0 Å². The van der Waals surface area contributed by atoms with Crippen LogP contribution in [0.25, 0.3) is 28.0 Å². The third kappa shape index (κ3) is 2.44. The van der Waals surface area contributed by atoms with Crippen LogP contribution in [0.3, 0.4) is 0 Å². The van der Waals surface area contributed by atoms with Gasteiger partial charge >= 0.3 is 0 Å². The van der Waals surface area contributed by atoms with E-state index in [1.165, 1.54) is 12.1 Å². The van der Waals surface area contributed by atoms with Gasteiger partial charge in [0.25, 0.3) is 0 Å². The number of hydrogen-bond acceptors (Lipinski definition) is 2. The summed E-state index contributed by atoms with van der Waals surface area (Å²) in [7, 11) is 0. The van der Waals surface area contributed by atoms with E-state index >= 15 is 0 Å². The van der Waals surface area contributed by atoms with Gasteiger partial charge in [-0.25, -0.2) is 9.37 Å². The maximum absolute atomic E-state index is 13.4. The topological polar surface area (TPSA) is 37.5 Å². The minimum atomic E-state index is -0.263. The fraction of sp³-hybridized carbons (Fsp3) is 0. The van der Waals surface area contributed by atoms with Crippen LogP contribution in [0, 0.1) is 5.82 Å². The van der Waals surface area contributed by atoms with E-state index in [9.17, 15) is 9.50 Å². The Labute approximate surface area is 132 Å². The maximum Gasteiger partial charge on any atom is 0.137 e. The van der Waals surface area contributed by atoms with E-state index in [4.69, 9.17) is 0 Å². The number of fused-ring (bicyclic) bond motifs is 1. The summed E-state index contributed by atoms with van der Waals surface area (Å²) in [5.74, 6) is -0.0554. The fourth-order valence-corrected chi connectivity index (χ4v) is 2.70. The zero-order chi connectivity index (χ0) is 15.8. The largest absolute Gasteiger partial charge is 0.508 e. The Balaban J connectivity index is 1.90. The summed E-state index contributed by atoms with van der Waals surface area (Å²) >= 11 is 0. The van der Waals surface area contributed by atoms with Crippen molar-refractivity contribution in [2.45, 2.75) is 0 Å². The van der Waals surface area contributed by atoms with Crippen LogP contribution in [0.1, 0.15) is 0 Å². The lowest BCUT2D eigenvalue weighted by Crippen LogP contribution is -1.90. The molecule has 0 saturated heterocycles. The van der Waals surface area contributed by atoms with Crippen molar-refractivity contribution in [2.24, 2.45) is 0 Å². The molecular weight excluding hydrogens is 291 g/mol. The third-order valence-electron chi connectivity index (χ3n) is 3.81. The highest BCUT2D eigenvalue weighted by Crippen LogP contribution is 2.27. The molecule has 23 heavy (non-hydrogen) atoms. The number of phenols is 1. The molecule has 0 aliphatic rings. The van der Waals surface area contributed by atoms with Crippen molar-refractivity contribution >= 4 is 5.65 Å². The van der Waals surface area contributed by atoms with Gasteiger partial charge in [-0.15, -0.1) is 0 Å². The predicted octanol–water partition coefficient (Wildman–Crippen LogP) is 4.51. The first-order chi connectivity index (χ1) is 11.2. The monoisotopic (exact) mass is 304 g/mol. The number of nitrogens with zero attached hydrogens (tertiary/aromatic N) is 2. The third-order valence-corrected chi connectivity index (χ3v) is 3.81. The number of aromatic hydroxyl groups is 1. The molecule has 4 heteroatoms. The van der Waals surface area contributed by atoms with E-state index in [-0.39, 0.29) is 11.6 Å². The Bertz CT molecular complexity index is 1010. The summed E-state index contributed by atoms with van der Waals surface area (Å²) in [5, 5.41) is 9.68. The van der Waals surface area contributed by atoms with E-state index in [0.29, 0.717) is 0 Å². The molecule has 1 N–H and O–H groups in total. The van der Waals surface area contributed by atoms with Crippen LogP contribution in [-0.2, 0) is 0 Å². The average molecular weight is 304 g/mol. The standard InChI is InChI=1S/C19H13FN2O/c20-16-5-1-3-13(9-16)15-7-8-19-21-11-18(22(19)12-15)14-4-2-6-17(23)10-14/h1-12,23H. The van der Waals surface area contributed by atoms with Crippen molar-refractivity contribution in [3.63, 3.8) is 0 Å². The molecule has 0 spiro atoms. The van der Waals surface area contributed by atoms with Crippen molar-refractivity contribution < 1.29 is 9.50 Å². The molecule has 0 unspecified atom stereocenters. The molecule has 0 aliphatic carbocycles. The number of aromatic nitrogens is 2. The van der Waals surface area contributed by atoms with Crippen LogP contribution in [-0.4, -0.2) is 14.5 Å². The molecule has 4 rings (SSSR count). The zero-order valence-electron chi connectivity index (χ0n) is 12.1. The maximum atomic E-state index is 13.4. The SMILES string of the molecule is Oc1cccc(-c2cnc3ccc(-c4cccc(F)c4)cn23)c1. The molecule has 0 atom stereocenters. The van der Waals surface area contributed by atoms with E-state index in [1.54, 1.807) is 30.5 Å². The molecule has 2 heterocycles. The number of pyridine rings is 1. The van der Waals surface area contributed by atoms with Crippen LogP contribution in [0.2, 0.25) is 0 Å². The van der Waals surface area contributed by atoms with Crippen LogP contribution < -0.4 is 0 Å². The van der Waals surface area contributed by atoms with Gasteiger partial charge in [-0.05, 0) is 47.5 Å². The Morgan fingerprint density at radius 2 is 1.70 bits per heavy atom. The van der Waals surface area contributed by atoms with Crippen LogP contribution >= 0.6 is 0 Å². The Hall–Kier alpha value is -3.14. The minimum absolute atomic E-state index is 0.207. The minimum Gasteiger partial charge on any atom is -0.508 e. The van der Waals surface area contributed by atoms with Crippen molar-refractivity contribution in [1.82, 2.24) is 9.38 Å². The predicted molar refractivity (Wildman–Crippen MR) is 87.7 cm³/mol. The van der Waals surface area contributed by atoms with Gasteiger partial charge in [0.05, 0.1) is 11.9 Å². The lowest BCUT2D eigenvalue weighted by Gasteiger charge is -2.06.